The topological polar surface area (TPSA) is 53.7 Å². The van der Waals surface area contributed by atoms with Crippen LogP contribution in [-0.2, 0) is 0 Å². The Kier molecular flexibility index (Phi) is 2.29. The summed E-state index contributed by atoms with van der Waals surface area (Å²) in [7, 11) is 1.68. The Labute approximate surface area is 115 Å². The molecule has 0 aliphatic carbocycles. The Balaban J connectivity index is 2.02. The predicted octanol–water partition coefficient (Wildman–Crippen LogP) is 3.72. The molecule has 4 nitrogen and oxygen atoms in total. The second-order valence-electron chi connectivity index (χ2n) is 4.72. The number of aromatic nitrogens is 3. The van der Waals surface area contributed by atoms with Gasteiger partial charge in [-0.1, -0.05) is 0 Å². The number of hydrogen-bond donors (Lipinski definition) is 2. The zero-order chi connectivity index (χ0) is 13.5. The van der Waals surface area contributed by atoms with Gasteiger partial charge in [0.25, 0.3) is 0 Å². The average Bonchev–Trinajstić information content (AvgIpc) is 3.09. The highest BCUT2D eigenvalue weighted by Gasteiger charge is 2.11. The first kappa shape index (κ1) is 11.1. The highest BCUT2D eigenvalue weighted by molar-refractivity contribution is 6.04. The molecule has 0 saturated carbocycles. The smallest absolute Gasteiger partial charge is 0.137 e. The summed E-state index contributed by atoms with van der Waals surface area (Å²) in [6, 6.07) is 10.1. The van der Waals surface area contributed by atoms with Gasteiger partial charge in [0.15, 0.2) is 0 Å². The third-order valence-corrected chi connectivity index (χ3v) is 3.63. The van der Waals surface area contributed by atoms with E-state index in [-0.39, 0.29) is 0 Å². The van der Waals surface area contributed by atoms with E-state index in [1.54, 1.807) is 13.3 Å². The molecule has 0 saturated heterocycles. The van der Waals surface area contributed by atoms with Gasteiger partial charge >= 0.3 is 0 Å². The fraction of sp³-hybridized carbons (Fsp3) is 0.0625. The Hall–Kier alpha value is -2.75. The Morgan fingerprint density at radius 1 is 1.00 bits per heavy atom. The molecule has 3 heterocycles. The monoisotopic (exact) mass is 263 g/mol. The number of H-pyrrole nitrogens is 2. The van der Waals surface area contributed by atoms with E-state index in [0.717, 1.165) is 38.8 Å². The number of hydrogen-bond acceptors (Lipinski definition) is 2. The van der Waals surface area contributed by atoms with E-state index in [4.69, 9.17) is 4.74 Å². The highest BCUT2D eigenvalue weighted by atomic mass is 16.5. The number of fused-ring (bicyclic) bond motifs is 2. The molecule has 0 unspecified atom stereocenters. The van der Waals surface area contributed by atoms with Crippen LogP contribution in [0, 0.1) is 0 Å². The van der Waals surface area contributed by atoms with Gasteiger partial charge in [-0.3, -0.25) is 0 Å². The normalized spacial score (nSPS) is 11.2. The minimum Gasteiger partial charge on any atom is -0.497 e. The molecule has 98 valence electrons. The molecule has 0 amide bonds. The van der Waals surface area contributed by atoms with Crippen LogP contribution in [-0.4, -0.2) is 22.1 Å². The molecule has 2 N–H and O–H groups in total. The number of methoxy groups -OCH3 is 1. The molecule has 4 aromatic rings. The quantitative estimate of drug-likeness (QED) is 0.579. The SMILES string of the molecule is COc1ccc2[nH]cc(-c3c[nH]c4ncccc34)c2c1. The van der Waals surface area contributed by atoms with Crippen LogP contribution in [0.3, 0.4) is 0 Å². The maximum Gasteiger partial charge on any atom is 0.137 e. The number of rotatable bonds is 2. The summed E-state index contributed by atoms with van der Waals surface area (Å²) in [4.78, 5) is 10.9. The van der Waals surface area contributed by atoms with Crippen LogP contribution in [0.1, 0.15) is 0 Å². The van der Waals surface area contributed by atoms with Crippen molar-refractivity contribution in [3.8, 4) is 16.9 Å². The number of benzene rings is 1. The number of pyridine rings is 1. The van der Waals surface area contributed by atoms with E-state index in [0.29, 0.717) is 0 Å². The summed E-state index contributed by atoms with van der Waals surface area (Å²) in [6.45, 7) is 0. The molecule has 4 heteroatoms. The standard InChI is InChI=1S/C16H13N3O/c1-20-10-4-5-15-12(7-10)14(8-18-15)13-9-19-16-11(13)3-2-6-17-16/h2-9,18H,1H3,(H,17,19). The fourth-order valence-corrected chi connectivity index (χ4v) is 2.63. The van der Waals surface area contributed by atoms with Crippen LogP contribution in [0.2, 0.25) is 0 Å². The van der Waals surface area contributed by atoms with Crippen LogP contribution in [0.25, 0.3) is 33.1 Å². The zero-order valence-electron chi connectivity index (χ0n) is 11.0. The van der Waals surface area contributed by atoms with Crippen LogP contribution in [0.5, 0.6) is 5.75 Å². The van der Waals surface area contributed by atoms with Crippen molar-refractivity contribution in [2.24, 2.45) is 0 Å². The van der Waals surface area contributed by atoms with Crippen LogP contribution in [0.4, 0.5) is 0 Å². The van der Waals surface area contributed by atoms with Crippen molar-refractivity contribution in [3.05, 3.63) is 48.9 Å². The first-order valence-electron chi connectivity index (χ1n) is 6.44. The zero-order valence-corrected chi connectivity index (χ0v) is 11.0. The van der Waals surface area contributed by atoms with Gasteiger partial charge in [-0.15, -0.1) is 0 Å². The molecule has 0 aliphatic heterocycles. The van der Waals surface area contributed by atoms with Crippen molar-refractivity contribution < 1.29 is 4.74 Å². The van der Waals surface area contributed by atoms with Gasteiger partial charge in [-0.2, -0.15) is 0 Å². The molecule has 20 heavy (non-hydrogen) atoms. The lowest BCUT2D eigenvalue weighted by Gasteiger charge is -2.01. The van der Waals surface area contributed by atoms with E-state index < -0.39 is 0 Å². The van der Waals surface area contributed by atoms with Crippen LogP contribution in [0.15, 0.2) is 48.9 Å². The largest absolute Gasteiger partial charge is 0.497 e. The first-order chi connectivity index (χ1) is 9.86. The maximum atomic E-state index is 5.32. The third kappa shape index (κ3) is 1.51. The minimum absolute atomic E-state index is 0.858. The highest BCUT2D eigenvalue weighted by Crippen LogP contribution is 2.34. The van der Waals surface area contributed by atoms with Gasteiger partial charge in [-0.25, -0.2) is 4.98 Å². The molecule has 3 aromatic heterocycles. The lowest BCUT2D eigenvalue weighted by Crippen LogP contribution is -1.81. The second kappa shape index (κ2) is 4.13. The van der Waals surface area contributed by atoms with Crippen molar-refractivity contribution in [2.75, 3.05) is 7.11 Å². The molecule has 4 rings (SSSR count). The van der Waals surface area contributed by atoms with E-state index in [1.165, 1.54) is 0 Å². The second-order valence-corrected chi connectivity index (χ2v) is 4.72. The summed E-state index contributed by atoms with van der Waals surface area (Å²) in [5.74, 6) is 0.858. The number of aromatic amines is 2. The van der Waals surface area contributed by atoms with E-state index in [9.17, 15) is 0 Å². The molecule has 0 bridgehead atoms. The van der Waals surface area contributed by atoms with Crippen molar-refractivity contribution in [1.82, 2.24) is 15.0 Å². The summed E-state index contributed by atoms with van der Waals surface area (Å²) in [5, 5.41) is 2.27. The van der Waals surface area contributed by atoms with E-state index in [2.05, 4.69) is 27.1 Å². The average molecular weight is 263 g/mol. The van der Waals surface area contributed by atoms with E-state index in [1.807, 2.05) is 30.6 Å². The lowest BCUT2D eigenvalue weighted by atomic mass is 10.0. The summed E-state index contributed by atoms with van der Waals surface area (Å²) in [5.41, 5.74) is 4.30. The number of nitrogens with zero attached hydrogens (tertiary/aromatic N) is 1. The number of nitrogens with one attached hydrogen (secondary N) is 2. The Morgan fingerprint density at radius 3 is 2.75 bits per heavy atom. The molecule has 1 aromatic carbocycles. The summed E-state index contributed by atoms with van der Waals surface area (Å²) >= 11 is 0. The van der Waals surface area contributed by atoms with Crippen molar-refractivity contribution >= 4 is 21.9 Å². The molecular weight excluding hydrogens is 250 g/mol. The predicted molar refractivity (Wildman–Crippen MR) is 79.9 cm³/mol. The molecule has 0 spiro atoms. The molecule has 0 aliphatic rings. The van der Waals surface area contributed by atoms with E-state index >= 15 is 0 Å². The molecular formula is C16H13N3O. The van der Waals surface area contributed by atoms with Gasteiger partial charge in [-0.05, 0) is 30.3 Å². The van der Waals surface area contributed by atoms with Gasteiger partial charge < -0.3 is 14.7 Å². The van der Waals surface area contributed by atoms with Gasteiger partial charge in [0, 0.05) is 46.0 Å². The number of ether oxygens (including phenoxy) is 1. The molecule has 0 radical (unpaired) electrons. The van der Waals surface area contributed by atoms with Crippen molar-refractivity contribution in [2.45, 2.75) is 0 Å². The Morgan fingerprint density at radius 2 is 1.85 bits per heavy atom. The van der Waals surface area contributed by atoms with Gasteiger partial charge in [0.1, 0.15) is 11.4 Å². The maximum absolute atomic E-state index is 5.32. The van der Waals surface area contributed by atoms with Crippen molar-refractivity contribution in [3.63, 3.8) is 0 Å². The summed E-state index contributed by atoms with van der Waals surface area (Å²) < 4.78 is 5.32. The van der Waals surface area contributed by atoms with Gasteiger partial charge in [0.2, 0.25) is 0 Å². The molecule has 0 atom stereocenters. The summed E-state index contributed by atoms with van der Waals surface area (Å²) in [6.07, 6.45) is 5.82. The minimum atomic E-state index is 0.858. The fourth-order valence-electron chi connectivity index (χ4n) is 2.63. The van der Waals surface area contributed by atoms with Crippen molar-refractivity contribution in [1.29, 1.82) is 0 Å². The first-order valence-corrected chi connectivity index (χ1v) is 6.44. The Bertz CT molecular complexity index is 904. The van der Waals surface area contributed by atoms with Crippen LogP contribution >= 0.6 is 0 Å². The lowest BCUT2D eigenvalue weighted by molar-refractivity contribution is 0.415. The third-order valence-electron chi connectivity index (χ3n) is 3.63. The van der Waals surface area contributed by atoms with Gasteiger partial charge in [0.05, 0.1) is 7.11 Å². The molecule has 0 fully saturated rings. The van der Waals surface area contributed by atoms with Crippen LogP contribution < -0.4 is 4.74 Å².